The molecular weight excluding hydrogens is 326 g/mol. The third-order valence-corrected chi connectivity index (χ3v) is 3.64. The monoisotopic (exact) mass is 337 g/mol. The number of rotatable bonds is 4. The molecule has 0 amide bonds. The van der Waals surface area contributed by atoms with E-state index in [1.807, 2.05) is 13.0 Å². The van der Waals surface area contributed by atoms with Crippen LogP contribution >= 0.6 is 15.9 Å². The van der Waals surface area contributed by atoms with E-state index < -0.39 is 5.97 Å². The molecule has 1 heterocycles. The van der Waals surface area contributed by atoms with Crippen LogP contribution in [-0.2, 0) is 0 Å². The van der Waals surface area contributed by atoms with Crippen LogP contribution in [0.15, 0.2) is 34.9 Å². The zero-order chi connectivity index (χ0) is 14.7. The van der Waals surface area contributed by atoms with Gasteiger partial charge >= 0.3 is 5.97 Å². The van der Waals surface area contributed by atoms with E-state index in [0.717, 1.165) is 5.56 Å². The lowest BCUT2D eigenvalue weighted by molar-refractivity contribution is 0.0693. The number of carbonyl (C=O) groups is 1. The first-order valence-corrected chi connectivity index (χ1v) is 6.53. The number of hydrogen-bond acceptors (Lipinski definition) is 4. The minimum atomic E-state index is -1.09. The molecule has 1 N–H and O–H groups in total. The molecule has 0 unspecified atom stereocenters. The van der Waals surface area contributed by atoms with Crippen molar-refractivity contribution in [1.82, 2.24) is 4.98 Å². The first-order chi connectivity index (χ1) is 9.54. The highest BCUT2D eigenvalue weighted by Crippen LogP contribution is 2.37. The van der Waals surface area contributed by atoms with Crippen molar-refractivity contribution in [1.29, 1.82) is 0 Å². The Kier molecular flexibility index (Phi) is 4.24. The molecule has 0 saturated carbocycles. The van der Waals surface area contributed by atoms with Gasteiger partial charge in [-0.05, 0) is 46.6 Å². The highest BCUT2D eigenvalue weighted by molar-refractivity contribution is 9.10. The number of benzene rings is 1. The fourth-order valence-corrected chi connectivity index (χ4v) is 1.95. The summed E-state index contributed by atoms with van der Waals surface area (Å²) in [7, 11) is 1.45. The molecule has 2 rings (SSSR count). The van der Waals surface area contributed by atoms with Crippen molar-refractivity contribution in [3.63, 3.8) is 0 Å². The summed E-state index contributed by atoms with van der Waals surface area (Å²) in [6.07, 6.45) is 1.59. The SMILES string of the molecule is COc1cccc(C(=O)O)c1Oc1nccc(C)c1Br. The van der Waals surface area contributed by atoms with E-state index in [0.29, 0.717) is 10.2 Å². The topological polar surface area (TPSA) is 68.7 Å². The largest absolute Gasteiger partial charge is 0.493 e. The molecule has 0 atom stereocenters. The number of aromatic nitrogens is 1. The second-order valence-electron chi connectivity index (χ2n) is 3.99. The predicted molar refractivity (Wildman–Crippen MR) is 76.7 cm³/mol. The van der Waals surface area contributed by atoms with E-state index in [1.165, 1.54) is 13.2 Å². The Morgan fingerprint density at radius 3 is 2.75 bits per heavy atom. The zero-order valence-electron chi connectivity index (χ0n) is 10.9. The predicted octanol–water partition coefficient (Wildman–Crippen LogP) is 3.65. The van der Waals surface area contributed by atoms with Gasteiger partial charge < -0.3 is 14.6 Å². The van der Waals surface area contributed by atoms with Crippen molar-refractivity contribution >= 4 is 21.9 Å². The van der Waals surface area contributed by atoms with Gasteiger partial charge in [0.1, 0.15) is 5.56 Å². The molecule has 0 radical (unpaired) electrons. The standard InChI is InChI=1S/C14H12BrNO4/c1-8-6-7-16-13(11(8)15)20-12-9(14(17)18)4-3-5-10(12)19-2/h3-7H,1-2H3,(H,17,18). The highest BCUT2D eigenvalue weighted by atomic mass is 79.9. The minimum absolute atomic E-state index is 0.0135. The van der Waals surface area contributed by atoms with Gasteiger partial charge in [-0.2, -0.15) is 0 Å². The summed E-state index contributed by atoms with van der Waals surface area (Å²) in [6.45, 7) is 1.89. The first kappa shape index (κ1) is 14.3. The molecule has 1 aromatic carbocycles. The number of carboxylic acid groups (broad SMARTS) is 1. The second kappa shape index (κ2) is 5.92. The number of para-hydroxylation sites is 1. The number of ether oxygens (including phenoxy) is 2. The summed E-state index contributed by atoms with van der Waals surface area (Å²) >= 11 is 3.37. The molecule has 104 valence electrons. The fraction of sp³-hybridized carbons (Fsp3) is 0.143. The lowest BCUT2D eigenvalue weighted by Crippen LogP contribution is -2.03. The molecule has 0 fully saturated rings. The van der Waals surface area contributed by atoms with Crippen LogP contribution in [0, 0.1) is 6.92 Å². The number of nitrogens with zero attached hydrogens (tertiary/aromatic N) is 1. The molecule has 0 aliphatic heterocycles. The molecule has 1 aromatic heterocycles. The first-order valence-electron chi connectivity index (χ1n) is 5.74. The molecule has 0 spiro atoms. The number of hydrogen-bond donors (Lipinski definition) is 1. The quantitative estimate of drug-likeness (QED) is 0.922. The molecule has 0 bridgehead atoms. The van der Waals surface area contributed by atoms with Gasteiger partial charge in [-0.15, -0.1) is 0 Å². The number of methoxy groups -OCH3 is 1. The molecule has 5 nitrogen and oxygen atoms in total. The summed E-state index contributed by atoms with van der Waals surface area (Å²) in [5, 5.41) is 9.22. The molecule has 0 aliphatic carbocycles. The van der Waals surface area contributed by atoms with Crippen molar-refractivity contribution < 1.29 is 19.4 Å². The number of pyridine rings is 1. The van der Waals surface area contributed by atoms with Crippen LogP contribution < -0.4 is 9.47 Å². The van der Waals surface area contributed by atoms with Crippen molar-refractivity contribution in [2.45, 2.75) is 6.92 Å². The van der Waals surface area contributed by atoms with Crippen molar-refractivity contribution in [3.05, 3.63) is 46.1 Å². The van der Waals surface area contributed by atoms with Crippen LogP contribution in [0.2, 0.25) is 0 Å². The third kappa shape index (κ3) is 2.75. The van der Waals surface area contributed by atoms with Crippen LogP contribution in [0.4, 0.5) is 0 Å². The highest BCUT2D eigenvalue weighted by Gasteiger charge is 2.19. The van der Waals surface area contributed by atoms with E-state index in [-0.39, 0.29) is 17.2 Å². The number of carboxylic acids is 1. The molecule has 0 aliphatic rings. The smallest absolute Gasteiger partial charge is 0.339 e. The summed E-state index contributed by atoms with van der Waals surface area (Å²) < 4.78 is 11.5. The van der Waals surface area contributed by atoms with Gasteiger partial charge in [-0.25, -0.2) is 9.78 Å². The van der Waals surface area contributed by atoms with Crippen molar-refractivity contribution in [2.24, 2.45) is 0 Å². The van der Waals surface area contributed by atoms with Crippen molar-refractivity contribution in [2.75, 3.05) is 7.11 Å². The van der Waals surface area contributed by atoms with Gasteiger partial charge in [0, 0.05) is 6.20 Å². The van der Waals surface area contributed by atoms with Crippen molar-refractivity contribution in [3.8, 4) is 17.4 Å². The van der Waals surface area contributed by atoms with E-state index >= 15 is 0 Å². The van der Waals surface area contributed by atoms with Gasteiger partial charge in [0.2, 0.25) is 5.88 Å². The Bertz CT molecular complexity index is 658. The van der Waals surface area contributed by atoms with Gasteiger partial charge in [0.15, 0.2) is 11.5 Å². The molecule has 6 heteroatoms. The van der Waals surface area contributed by atoms with Gasteiger partial charge in [0.25, 0.3) is 0 Å². The van der Waals surface area contributed by atoms with Gasteiger partial charge in [-0.1, -0.05) is 6.07 Å². The Balaban J connectivity index is 2.52. The normalized spacial score (nSPS) is 10.2. The van der Waals surface area contributed by atoms with E-state index in [4.69, 9.17) is 9.47 Å². The molecule has 0 saturated heterocycles. The Labute approximate surface area is 124 Å². The average Bonchev–Trinajstić information content (AvgIpc) is 2.43. The lowest BCUT2D eigenvalue weighted by Gasteiger charge is -2.13. The maximum Gasteiger partial charge on any atom is 0.339 e. The van der Waals surface area contributed by atoms with Crippen LogP contribution in [0.5, 0.6) is 17.4 Å². The maximum absolute atomic E-state index is 11.3. The number of halogens is 1. The molecule has 2 aromatic rings. The van der Waals surface area contributed by atoms with E-state index in [9.17, 15) is 9.90 Å². The molecule has 20 heavy (non-hydrogen) atoms. The average molecular weight is 338 g/mol. The summed E-state index contributed by atoms with van der Waals surface area (Å²) in [4.78, 5) is 15.4. The van der Waals surface area contributed by atoms with E-state index in [1.54, 1.807) is 18.3 Å². The lowest BCUT2D eigenvalue weighted by atomic mass is 10.2. The Morgan fingerprint density at radius 1 is 1.35 bits per heavy atom. The third-order valence-electron chi connectivity index (χ3n) is 2.68. The fourth-order valence-electron chi connectivity index (χ4n) is 1.63. The number of aryl methyl sites for hydroxylation is 1. The Morgan fingerprint density at radius 2 is 2.10 bits per heavy atom. The summed E-state index contributed by atoms with van der Waals surface area (Å²) in [5.41, 5.74) is 0.946. The van der Waals surface area contributed by atoms with Gasteiger partial charge in [0.05, 0.1) is 11.6 Å². The van der Waals surface area contributed by atoms with Gasteiger partial charge in [-0.3, -0.25) is 0 Å². The zero-order valence-corrected chi connectivity index (χ0v) is 12.5. The van der Waals surface area contributed by atoms with Crippen LogP contribution in [0.3, 0.4) is 0 Å². The molecular formula is C14H12BrNO4. The van der Waals surface area contributed by atoms with Crippen LogP contribution in [0.1, 0.15) is 15.9 Å². The minimum Gasteiger partial charge on any atom is -0.493 e. The van der Waals surface area contributed by atoms with Crippen LogP contribution in [0.25, 0.3) is 0 Å². The Hall–Kier alpha value is -2.08. The summed E-state index contributed by atoms with van der Waals surface area (Å²) in [6, 6.07) is 6.49. The second-order valence-corrected chi connectivity index (χ2v) is 4.78. The maximum atomic E-state index is 11.3. The summed E-state index contributed by atoms with van der Waals surface area (Å²) in [5.74, 6) is -0.346. The number of aromatic carboxylic acids is 1. The van der Waals surface area contributed by atoms with Crippen LogP contribution in [-0.4, -0.2) is 23.2 Å². The van der Waals surface area contributed by atoms with E-state index in [2.05, 4.69) is 20.9 Å².